The van der Waals surface area contributed by atoms with Gasteiger partial charge in [0.15, 0.2) is 0 Å². The number of hydrogen-bond acceptors (Lipinski definition) is 4. The highest BCUT2D eigenvalue weighted by atomic mass is 19.3. The number of hydrazone groups is 1. The van der Waals surface area contributed by atoms with E-state index in [-0.39, 0.29) is 11.3 Å². The molecule has 2 N–H and O–H groups in total. The predicted molar refractivity (Wildman–Crippen MR) is 81.2 cm³/mol. The van der Waals surface area contributed by atoms with Crippen molar-refractivity contribution in [2.45, 2.75) is 12.5 Å². The summed E-state index contributed by atoms with van der Waals surface area (Å²) in [6.45, 7) is 0. The summed E-state index contributed by atoms with van der Waals surface area (Å²) in [6, 6.07) is 10.6. The lowest BCUT2D eigenvalue weighted by atomic mass is 10.2. The van der Waals surface area contributed by atoms with Crippen LogP contribution in [0.15, 0.2) is 53.6 Å². The summed E-state index contributed by atoms with van der Waals surface area (Å²) in [6.07, 6.45) is -7.50. The molecule has 0 saturated heterocycles. The number of para-hydroxylation sites is 1. The van der Waals surface area contributed by atoms with Crippen LogP contribution in [-0.2, 0) is 0 Å². The van der Waals surface area contributed by atoms with Crippen molar-refractivity contribution in [3.05, 3.63) is 59.7 Å². The topological polar surface area (TPSA) is 70.9 Å². The number of aromatic hydroxyl groups is 1. The van der Waals surface area contributed by atoms with Crippen LogP contribution in [-0.4, -0.2) is 29.8 Å². The number of ether oxygens (including phenoxy) is 1. The first-order chi connectivity index (χ1) is 11.8. The minimum absolute atomic E-state index is 0.0508. The van der Waals surface area contributed by atoms with E-state index in [0.717, 1.165) is 12.1 Å². The van der Waals surface area contributed by atoms with Gasteiger partial charge in [-0.1, -0.05) is 18.2 Å². The number of phenols is 1. The first-order valence-corrected chi connectivity index (χ1v) is 6.86. The SMILES string of the molecule is O=C(NN=Cc1ccccc1O)c1cccc(OC(F)(F)C(F)F)c1. The molecule has 0 aliphatic heterocycles. The fourth-order valence-corrected chi connectivity index (χ4v) is 1.72. The Labute approximate surface area is 139 Å². The second-order valence-electron chi connectivity index (χ2n) is 4.75. The van der Waals surface area contributed by atoms with Crippen LogP contribution in [0, 0.1) is 0 Å². The Hall–Kier alpha value is -3.10. The van der Waals surface area contributed by atoms with Gasteiger partial charge < -0.3 is 9.84 Å². The van der Waals surface area contributed by atoms with E-state index in [4.69, 9.17) is 0 Å². The van der Waals surface area contributed by atoms with Crippen LogP contribution in [0.4, 0.5) is 17.6 Å². The molecule has 0 bridgehead atoms. The van der Waals surface area contributed by atoms with Crippen molar-refractivity contribution in [2.24, 2.45) is 5.10 Å². The quantitative estimate of drug-likeness (QED) is 0.473. The highest BCUT2D eigenvalue weighted by molar-refractivity contribution is 5.95. The van der Waals surface area contributed by atoms with Gasteiger partial charge >= 0.3 is 12.5 Å². The first-order valence-electron chi connectivity index (χ1n) is 6.86. The average molecular weight is 356 g/mol. The lowest BCUT2D eigenvalue weighted by Crippen LogP contribution is -2.33. The number of benzene rings is 2. The largest absolute Gasteiger partial charge is 0.507 e. The Morgan fingerprint density at radius 2 is 1.92 bits per heavy atom. The van der Waals surface area contributed by atoms with Gasteiger partial charge in [-0.05, 0) is 30.3 Å². The van der Waals surface area contributed by atoms with Gasteiger partial charge in [-0.2, -0.15) is 22.7 Å². The monoisotopic (exact) mass is 356 g/mol. The van der Waals surface area contributed by atoms with Gasteiger partial charge in [0, 0.05) is 11.1 Å². The molecule has 1 amide bonds. The zero-order chi connectivity index (χ0) is 18.4. The fourth-order valence-electron chi connectivity index (χ4n) is 1.72. The molecule has 0 aliphatic rings. The molecular formula is C16H12F4N2O3. The number of phenolic OH excluding ortho intramolecular Hbond substituents is 1. The predicted octanol–water partition coefficient (Wildman–Crippen LogP) is 3.39. The van der Waals surface area contributed by atoms with Crippen LogP contribution in [0.2, 0.25) is 0 Å². The van der Waals surface area contributed by atoms with Gasteiger partial charge in [0.2, 0.25) is 0 Å². The highest BCUT2D eigenvalue weighted by Crippen LogP contribution is 2.27. The Morgan fingerprint density at radius 1 is 1.20 bits per heavy atom. The van der Waals surface area contributed by atoms with Crippen LogP contribution in [0.5, 0.6) is 11.5 Å². The molecule has 9 heteroatoms. The molecule has 0 aromatic heterocycles. The Bertz CT molecular complexity index is 781. The molecule has 2 aromatic carbocycles. The molecule has 25 heavy (non-hydrogen) atoms. The number of amides is 1. The number of carbonyl (C=O) groups excluding carboxylic acids is 1. The van der Waals surface area contributed by atoms with Gasteiger partial charge in [-0.15, -0.1) is 0 Å². The van der Waals surface area contributed by atoms with E-state index in [2.05, 4.69) is 15.3 Å². The average Bonchev–Trinajstić information content (AvgIpc) is 2.56. The van der Waals surface area contributed by atoms with Gasteiger partial charge in [0.1, 0.15) is 11.5 Å². The number of rotatable bonds is 6. The van der Waals surface area contributed by atoms with E-state index in [1.165, 1.54) is 24.4 Å². The molecule has 0 unspecified atom stereocenters. The lowest BCUT2D eigenvalue weighted by Gasteiger charge is -2.16. The first kappa shape index (κ1) is 18.2. The van der Waals surface area contributed by atoms with Crippen molar-refractivity contribution in [3.63, 3.8) is 0 Å². The van der Waals surface area contributed by atoms with Crippen molar-refractivity contribution in [1.29, 1.82) is 0 Å². The smallest absolute Gasteiger partial charge is 0.461 e. The summed E-state index contributed by atoms with van der Waals surface area (Å²) < 4.78 is 53.9. The molecule has 2 rings (SSSR count). The molecule has 0 aliphatic carbocycles. The van der Waals surface area contributed by atoms with E-state index in [1.807, 2.05) is 0 Å². The van der Waals surface area contributed by atoms with Crippen LogP contribution < -0.4 is 10.2 Å². The van der Waals surface area contributed by atoms with Gasteiger partial charge in [-0.3, -0.25) is 4.79 Å². The van der Waals surface area contributed by atoms with Crippen molar-refractivity contribution < 1.29 is 32.2 Å². The summed E-state index contributed by atoms with van der Waals surface area (Å²) >= 11 is 0. The molecule has 0 heterocycles. The van der Waals surface area contributed by atoms with Crippen molar-refractivity contribution in [1.82, 2.24) is 5.43 Å². The number of carbonyl (C=O) groups is 1. The lowest BCUT2D eigenvalue weighted by molar-refractivity contribution is -0.253. The molecule has 0 spiro atoms. The van der Waals surface area contributed by atoms with Crippen molar-refractivity contribution in [3.8, 4) is 11.5 Å². The van der Waals surface area contributed by atoms with E-state index >= 15 is 0 Å². The normalized spacial score (nSPS) is 11.7. The minimum Gasteiger partial charge on any atom is -0.507 e. The molecule has 0 fully saturated rings. The van der Waals surface area contributed by atoms with Crippen LogP contribution in [0.25, 0.3) is 0 Å². The van der Waals surface area contributed by atoms with Gasteiger partial charge in [0.25, 0.3) is 5.91 Å². The second kappa shape index (κ2) is 7.65. The fraction of sp³-hybridized carbons (Fsp3) is 0.125. The minimum atomic E-state index is -4.67. The number of nitrogens with zero attached hydrogens (tertiary/aromatic N) is 1. The summed E-state index contributed by atoms with van der Waals surface area (Å²) in [5.41, 5.74) is 2.33. The highest BCUT2D eigenvalue weighted by Gasteiger charge is 2.44. The maximum absolute atomic E-state index is 12.9. The standard InChI is InChI=1S/C16H12F4N2O3/c17-15(18)16(19,20)25-12-6-3-5-10(8-12)14(24)22-21-9-11-4-1-2-7-13(11)23/h1-9,15,23H,(H,22,24). The third-order valence-corrected chi connectivity index (χ3v) is 2.91. The summed E-state index contributed by atoms with van der Waals surface area (Å²) in [7, 11) is 0. The maximum Gasteiger partial charge on any atom is 0.461 e. The Kier molecular flexibility index (Phi) is 5.58. The Balaban J connectivity index is 2.05. The molecule has 5 nitrogen and oxygen atoms in total. The maximum atomic E-state index is 12.9. The second-order valence-corrected chi connectivity index (χ2v) is 4.75. The zero-order valence-electron chi connectivity index (χ0n) is 12.5. The molecular weight excluding hydrogens is 344 g/mol. The third kappa shape index (κ3) is 4.93. The third-order valence-electron chi connectivity index (χ3n) is 2.91. The summed E-state index contributed by atoms with van der Waals surface area (Å²) in [5, 5.41) is 13.1. The number of halogens is 4. The zero-order valence-corrected chi connectivity index (χ0v) is 12.5. The van der Waals surface area contributed by atoms with Crippen molar-refractivity contribution in [2.75, 3.05) is 0 Å². The van der Waals surface area contributed by atoms with Crippen LogP contribution in [0.3, 0.4) is 0 Å². The molecule has 0 saturated carbocycles. The van der Waals surface area contributed by atoms with Crippen molar-refractivity contribution >= 4 is 12.1 Å². The number of hydrogen-bond donors (Lipinski definition) is 2. The Morgan fingerprint density at radius 3 is 2.60 bits per heavy atom. The van der Waals surface area contributed by atoms with E-state index in [9.17, 15) is 27.5 Å². The van der Waals surface area contributed by atoms with Crippen LogP contribution in [0.1, 0.15) is 15.9 Å². The molecule has 0 radical (unpaired) electrons. The van der Waals surface area contributed by atoms with Gasteiger partial charge in [-0.25, -0.2) is 5.43 Å². The number of alkyl halides is 4. The molecule has 0 atom stereocenters. The molecule has 2 aromatic rings. The number of nitrogens with one attached hydrogen (secondary N) is 1. The van der Waals surface area contributed by atoms with E-state index < -0.39 is 24.2 Å². The van der Waals surface area contributed by atoms with E-state index in [1.54, 1.807) is 18.2 Å². The molecule has 132 valence electrons. The summed E-state index contributed by atoms with van der Waals surface area (Å²) in [5.74, 6) is -1.43. The van der Waals surface area contributed by atoms with E-state index in [0.29, 0.717) is 5.56 Å². The van der Waals surface area contributed by atoms with Crippen LogP contribution >= 0.6 is 0 Å². The summed E-state index contributed by atoms with van der Waals surface area (Å²) in [4.78, 5) is 11.9. The van der Waals surface area contributed by atoms with Gasteiger partial charge in [0.05, 0.1) is 6.21 Å².